The van der Waals surface area contributed by atoms with Crippen LogP contribution in [0, 0.1) is 5.92 Å². The minimum absolute atomic E-state index is 0.0303. The lowest BCUT2D eigenvalue weighted by Crippen LogP contribution is -2.39. The third-order valence-corrected chi connectivity index (χ3v) is 8.51. The average Bonchev–Trinajstić information content (AvgIpc) is 3.53. The monoisotopic (exact) mass is 558 g/mol. The summed E-state index contributed by atoms with van der Waals surface area (Å²) in [5.41, 5.74) is -5.93. The van der Waals surface area contributed by atoms with E-state index in [4.69, 9.17) is 0 Å². The molecule has 1 spiro atoms. The van der Waals surface area contributed by atoms with Crippen LogP contribution in [-0.4, -0.2) is 49.3 Å². The van der Waals surface area contributed by atoms with E-state index in [1.54, 1.807) is 38.2 Å². The zero-order valence-electron chi connectivity index (χ0n) is 20.6. The molecule has 202 valence electrons. The second-order valence-electron chi connectivity index (χ2n) is 9.33. The number of halogens is 3. The number of pyridine rings is 1. The quantitative estimate of drug-likeness (QED) is 0.430. The maximum absolute atomic E-state index is 13.6. The highest BCUT2D eigenvalue weighted by atomic mass is 32.2. The van der Waals surface area contributed by atoms with E-state index in [1.807, 2.05) is 6.07 Å². The Kier molecular flexibility index (Phi) is 6.01. The number of sulfone groups is 1. The number of amides is 4. The zero-order chi connectivity index (χ0) is 28.3. The zero-order valence-corrected chi connectivity index (χ0v) is 21.4. The number of aromatic nitrogens is 1. The number of benzene rings is 2. The molecule has 3 aromatic rings. The number of alkyl halides is 3. The van der Waals surface area contributed by atoms with E-state index in [0.717, 1.165) is 17.0 Å². The molecule has 1 aliphatic carbocycles. The van der Waals surface area contributed by atoms with E-state index in [2.05, 4.69) is 4.98 Å². The fourth-order valence-corrected chi connectivity index (χ4v) is 5.52. The number of hydrogen-bond donors (Lipinski definition) is 0. The Morgan fingerprint density at radius 2 is 1.64 bits per heavy atom. The van der Waals surface area contributed by atoms with E-state index >= 15 is 0 Å². The average molecular weight is 559 g/mol. The second kappa shape index (κ2) is 8.90. The molecule has 1 saturated heterocycles. The molecule has 39 heavy (non-hydrogen) atoms. The molecule has 2 aromatic carbocycles. The summed E-state index contributed by atoms with van der Waals surface area (Å²) in [6, 6.07) is 14.3. The highest BCUT2D eigenvalue weighted by molar-refractivity contribution is 7.92. The van der Waals surface area contributed by atoms with Crippen molar-refractivity contribution in [3.8, 4) is 0 Å². The summed E-state index contributed by atoms with van der Waals surface area (Å²) in [5, 5.41) is 0. The van der Waals surface area contributed by atoms with E-state index in [-0.39, 0.29) is 23.0 Å². The summed E-state index contributed by atoms with van der Waals surface area (Å²) >= 11 is 0. The van der Waals surface area contributed by atoms with Crippen LogP contribution < -0.4 is 14.7 Å². The molecule has 9 nitrogen and oxygen atoms in total. The molecule has 13 heteroatoms. The Bertz CT molecular complexity index is 1600. The molecule has 4 amide bonds. The fraction of sp³-hybridized carbons (Fsp3) is 0.231. The molecular weight excluding hydrogens is 537 g/mol. The summed E-state index contributed by atoms with van der Waals surface area (Å²) in [4.78, 5) is 46.9. The Morgan fingerprint density at radius 3 is 2.21 bits per heavy atom. The minimum Gasteiger partial charge on any atom is -0.310 e. The third kappa shape index (κ3) is 4.04. The van der Waals surface area contributed by atoms with Gasteiger partial charge in [0.25, 0.3) is 21.7 Å². The van der Waals surface area contributed by atoms with E-state index in [9.17, 15) is 36.0 Å². The topological polar surface area (TPSA) is 108 Å². The second-order valence-corrected chi connectivity index (χ2v) is 11.3. The van der Waals surface area contributed by atoms with E-state index < -0.39 is 43.6 Å². The number of carbonyl (C=O) groups excluding carboxylic acids is 3. The Labute approximate surface area is 221 Å². The van der Waals surface area contributed by atoms with E-state index in [1.165, 1.54) is 28.1 Å². The van der Waals surface area contributed by atoms with Gasteiger partial charge in [0.2, 0.25) is 0 Å². The Hall–Kier alpha value is -4.26. The molecule has 0 N–H and O–H groups in total. The molecule has 2 heterocycles. The van der Waals surface area contributed by atoms with Crippen LogP contribution in [0.3, 0.4) is 0 Å². The van der Waals surface area contributed by atoms with Crippen molar-refractivity contribution in [2.24, 2.45) is 5.92 Å². The largest absolute Gasteiger partial charge is 0.501 e. The number of urea groups is 1. The predicted molar refractivity (Wildman–Crippen MR) is 135 cm³/mol. The number of anilines is 3. The first-order valence-corrected chi connectivity index (χ1v) is 13.2. The van der Waals surface area contributed by atoms with Crippen molar-refractivity contribution in [3.63, 3.8) is 0 Å². The van der Waals surface area contributed by atoms with Crippen LogP contribution in [0.1, 0.15) is 23.8 Å². The fourth-order valence-electron chi connectivity index (χ4n) is 4.76. The molecule has 2 aliphatic rings. The van der Waals surface area contributed by atoms with Crippen LogP contribution in [0.15, 0.2) is 77.8 Å². The van der Waals surface area contributed by atoms with Crippen molar-refractivity contribution >= 4 is 44.7 Å². The first-order chi connectivity index (χ1) is 18.3. The van der Waals surface area contributed by atoms with Crippen molar-refractivity contribution in [2.45, 2.75) is 29.3 Å². The number of nitrogens with zero attached hydrogens (tertiary/aromatic N) is 4. The number of carbonyl (C=O) groups is 3. The van der Waals surface area contributed by atoms with Gasteiger partial charge >= 0.3 is 11.5 Å². The van der Waals surface area contributed by atoms with Gasteiger partial charge in [0.05, 0.1) is 16.3 Å². The standard InChI is InChI=1S/C26H21F3N4O5S/c1-16-15-25(16)23(35)32(18-8-10-20(11-9-18)39(37,38)26(27,28)29)24(36)33(25)19-12-13-30-21(14-19)22(34)31(2)17-6-4-3-5-7-17/h3-14,16H,15H2,1-2H3. The van der Waals surface area contributed by atoms with Crippen LogP contribution in [0.4, 0.5) is 35.0 Å². The summed E-state index contributed by atoms with van der Waals surface area (Å²) in [6.45, 7) is 1.77. The first-order valence-electron chi connectivity index (χ1n) is 11.7. The molecule has 2 unspecified atom stereocenters. The SMILES string of the molecule is CC1CC12C(=O)N(c1ccc(S(=O)(=O)C(F)(F)F)cc1)C(=O)N2c1ccnc(C(=O)N(C)c2ccccc2)c1. The number of rotatable bonds is 5. The van der Waals surface area contributed by atoms with E-state index in [0.29, 0.717) is 24.2 Å². The summed E-state index contributed by atoms with van der Waals surface area (Å²) < 4.78 is 62.2. The molecule has 0 bridgehead atoms. The van der Waals surface area contributed by atoms with Gasteiger partial charge in [-0.1, -0.05) is 25.1 Å². The summed E-state index contributed by atoms with van der Waals surface area (Å²) in [6.07, 6.45) is 1.67. The Morgan fingerprint density at radius 1 is 1.03 bits per heavy atom. The molecule has 5 rings (SSSR count). The lowest BCUT2D eigenvalue weighted by atomic mass is 10.1. The lowest BCUT2D eigenvalue weighted by Gasteiger charge is -2.23. The maximum atomic E-state index is 13.6. The molecule has 2 atom stereocenters. The van der Waals surface area contributed by atoms with Crippen molar-refractivity contribution in [2.75, 3.05) is 21.7 Å². The minimum atomic E-state index is -5.60. The van der Waals surface area contributed by atoms with Gasteiger partial charge in [-0.3, -0.25) is 19.5 Å². The lowest BCUT2D eigenvalue weighted by molar-refractivity contribution is -0.119. The smallest absolute Gasteiger partial charge is 0.310 e. The molecule has 2 fully saturated rings. The van der Waals surface area contributed by atoms with Crippen LogP contribution in [0.25, 0.3) is 0 Å². The first kappa shape index (κ1) is 26.4. The van der Waals surface area contributed by atoms with Gasteiger partial charge in [-0.25, -0.2) is 18.1 Å². The highest BCUT2D eigenvalue weighted by Gasteiger charge is 2.70. The summed E-state index contributed by atoms with van der Waals surface area (Å²) in [5.74, 6) is -1.29. The van der Waals surface area contributed by atoms with Gasteiger partial charge in [-0.2, -0.15) is 13.2 Å². The third-order valence-electron chi connectivity index (χ3n) is 7.01. The van der Waals surface area contributed by atoms with Crippen molar-refractivity contribution in [3.05, 3.63) is 78.6 Å². The van der Waals surface area contributed by atoms with Crippen molar-refractivity contribution in [1.29, 1.82) is 0 Å². The Balaban J connectivity index is 1.48. The highest BCUT2D eigenvalue weighted by Crippen LogP contribution is 2.55. The summed E-state index contributed by atoms with van der Waals surface area (Å²) in [7, 11) is -4.02. The molecule has 1 aromatic heterocycles. The maximum Gasteiger partial charge on any atom is 0.501 e. The molecular formula is C26H21F3N4O5S. The van der Waals surface area contributed by atoms with Gasteiger partial charge in [-0.15, -0.1) is 0 Å². The van der Waals surface area contributed by atoms with Gasteiger partial charge < -0.3 is 4.90 Å². The van der Waals surface area contributed by atoms with Gasteiger partial charge in [0.15, 0.2) is 0 Å². The van der Waals surface area contributed by atoms with Crippen LogP contribution in [0.2, 0.25) is 0 Å². The van der Waals surface area contributed by atoms with Gasteiger partial charge in [0, 0.05) is 18.9 Å². The van der Waals surface area contributed by atoms with Gasteiger partial charge in [-0.05, 0) is 60.9 Å². The molecule has 1 aliphatic heterocycles. The normalized spacial score (nSPS) is 21.0. The molecule has 0 radical (unpaired) electrons. The number of imide groups is 1. The number of hydrogen-bond acceptors (Lipinski definition) is 6. The van der Waals surface area contributed by atoms with Crippen LogP contribution >= 0.6 is 0 Å². The van der Waals surface area contributed by atoms with Crippen molar-refractivity contribution in [1.82, 2.24) is 4.98 Å². The van der Waals surface area contributed by atoms with Crippen molar-refractivity contribution < 1.29 is 36.0 Å². The molecule has 1 saturated carbocycles. The predicted octanol–water partition coefficient (Wildman–Crippen LogP) is 4.40. The van der Waals surface area contributed by atoms with Crippen LogP contribution in [0.5, 0.6) is 0 Å². The number of para-hydroxylation sites is 1. The van der Waals surface area contributed by atoms with Crippen LogP contribution in [-0.2, 0) is 14.6 Å². The van der Waals surface area contributed by atoms with Gasteiger partial charge in [0.1, 0.15) is 11.2 Å².